The summed E-state index contributed by atoms with van der Waals surface area (Å²) in [5.74, 6) is -0.195. The van der Waals surface area contributed by atoms with Gasteiger partial charge in [-0.25, -0.2) is 4.79 Å². The lowest BCUT2D eigenvalue weighted by Crippen LogP contribution is -2.44. The van der Waals surface area contributed by atoms with Gasteiger partial charge < -0.3 is 5.32 Å². The molecule has 0 aromatic heterocycles. The summed E-state index contributed by atoms with van der Waals surface area (Å²) in [7, 11) is 0. The van der Waals surface area contributed by atoms with E-state index >= 15 is 0 Å². The van der Waals surface area contributed by atoms with Gasteiger partial charge in [-0.15, -0.1) is 0 Å². The maximum Gasteiger partial charge on any atom is 0.325 e. The summed E-state index contributed by atoms with van der Waals surface area (Å²) >= 11 is 0. The molecule has 3 amide bonds. The Hall–Kier alpha value is -3.13. The molecule has 2 aromatic rings. The molecule has 5 nitrogen and oxygen atoms in total. The van der Waals surface area contributed by atoms with E-state index in [0.717, 1.165) is 36.0 Å². The van der Waals surface area contributed by atoms with E-state index < -0.39 is 5.54 Å². The summed E-state index contributed by atoms with van der Waals surface area (Å²) < 4.78 is 0. The van der Waals surface area contributed by atoms with Crippen LogP contribution in [0.2, 0.25) is 0 Å². The second-order valence-corrected chi connectivity index (χ2v) is 6.90. The summed E-state index contributed by atoms with van der Waals surface area (Å²) in [6, 6.07) is 16.6. The Kier molecular flexibility index (Phi) is 3.96. The van der Waals surface area contributed by atoms with E-state index in [4.69, 9.17) is 5.26 Å². The van der Waals surface area contributed by atoms with Crippen molar-refractivity contribution >= 4 is 11.9 Å². The summed E-state index contributed by atoms with van der Waals surface area (Å²) in [6.07, 6.45) is 3.43. The van der Waals surface area contributed by atoms with Crippen molar-refractivity contribution in [3.8, 4) is 6.07 Å². The van der Waals surface area contributed by atoms with Gasteiger partial charge >= 0.3 is 6.03 Å². The number of carbonyl (C=O) groups is 2. The number of amides is 3. The van der Waals surface area contributed by atoms with E-state index in [2.05, 4.69) is 11.4 Å². The number of nitriles is 1. The van der Waals surface area contributed by atoms with Gasteiger partial charge in [0.1, 0.15) is 5.54 Å². The van der Waals surface area contributed by atoms with E-state index in [9.17, 15) is 9.59 Å². The third-order valence-corrected chi connectivity index (χ3v) is 5.30. The Bertz CT molecular complexity index is 931. The lowest BCUT2D eigenvalue weighted by atomic mass is 9.84. The molecule has 1 aliphatic carbocycles. The molecule has 1 saturated heterocycles. The van der Waals surface area contributed by atoms with Crippen LogP contribution in [0.3, 0.4) is 0 Å². The van der Waals surface area contributed by atoms with Crippen LogP contribution in [0.4, 0.5) is 4.79 Å². The zero-order chi connectivity index (χ0) is 18.1. The van der Waals surface area contributed by atoms with Crippen molar-refractivity contribution in [2.24, 2.45) is 0 Å². The molecule has 2 aliphatic rings. The first-order valence-corrected chi connectivity index (χ1v) is 8.85. The van der Waals surface area contributed by atoms with Crippen molar-refractivity contribution in [1.29, 1.82) is 5.26 Å². The monoisotopic (exact) mass is 345 g/mol. The molecule has 1 atom stereocenters. The van der Waals surface area contributed by atoms with Crippen LogP contribution >= 0.6 is 0 Å². The van der Waals surface area contributed by atoms with Crippen molar-refractivity contribution < 1.29 is 9.59 Å². The fourth-order valence-corrected chi connectivity index (χ4v) is 4.04. The van der Waals surface area contributed by atoms with Crippen LogP contribution in [-0.2, 0) is 23.3 Å². The first kappa shape index (κ1) is 16.3. The van der Waals surface area contributed by atoms with Gasteiger partial charge in [0.25, 0.3) is 5.91 Å². The van der Waals surface area contributed by atoms with Gasteiger partial charge in [-0.05, 0) is 54.5 Å². The number of nitrogens with zero attached hydrogens (tertiary/aromatic N) is 2. The number of hydrogen-bond acceptors (Lipinski definition) is 3. The molecule has 130 valence electrons. The van der Waals surface area contributed by atoms with E-state index in [1.165, 1.54) is 4.90 Å². The highest BCUT2D eigenvalue weighted by Gasteiger charge is 2.53. The molecule has 4 rings (SSSR count). The van der Waals surface area contributed by atoms with Crippen LogP contribution in [0.15, 0.2) is 48.5 Å². The molecule has 1 aliphatic heterocycles. The molecule has 0 bridgehead atoms. The number of benzene rings is 2. The van der Waals surface area contributed by atoms with Crippen molar-refractivity contribution in [3.05, 3.63) is 70.8 Å². The maximum atomic E-state index is 13.3. The Balaban J connectivity index is 1.70. The van der Waals surface area contributed by atoms with Crippen LogP contribution in [0.1, 0.15) is 41.5 Å². The third kappa shape index (κ3) is 2.55. The fourth-order valence-electron chi connectivity index (χ4n) is 4.04. The quantitative estimate of drug-likeness (QED) is 0.849. The van der Waals surface area contributed by atoms with Crippen molar-refractivity contribution in [2.45, 2.75) is 37.8 Å². The van der Waals surface area contributed by atoms with Gasteiger partial charge in [-0.3, -0.25) is 9.69 Å². The molecule has 5 heteroatoms. The van der Waals surface area contributed by atoms with E-state index in [1.807, 2.05) is 30.3 Å². The number of nitrogens with one attached hydrogen (secondary N) is 1. The van der Waals surface area contributed by atoms with Gasteiger partial charge in [-0.2, -0.15) is 5.26 Å². The van der Waals surface area contributed by atoms with Crippen LogP contribution < -0.4 is 5.32 Å². The molecule has 1 heterocycles. The summed E-state index contributed by atoms with van der Waals surface area (Å²) in [4.78, 5) is 27.3. The molecule has 26 heavy (non-hydrogen) atoms. The smallest absolute Gasteiger partial charge is 0.319 e. The number of carbonyl (C=O) groups excluding carboxylic acids is 2. The molecule has 0 unspecified atom stereocenters. The zero-order valence-electron chi connectivity index (χ0n) is 14.4. The standard InChI is InChI=1S/C21H19N3O2/c22-13-15-6-5-7-16(12-15)14-24-19(25)21(23-20(24)26)11-4-3-9-17-8-1-2-10-18(17)21/h1-2,5-8,10,12H,3-4,9,11,14H2,(H,23,26)/t21-/m0/s1. The van der Waals surface area contributed by atoms with E-state index in [0.29, 0.717) is 12.0 Å². The van der Waals surface area contributed by atoms with E-state index in [1.54, 1.807) is 18.2 Å². The second-order valence-electron chi connectivity index (χ2n) is 6.90. The van der Waals surface area contributed by atoms with Crippen LogP contribution in [0.25, 0.3) is 0 Å². The molecule has 0 radical (unpaired) electrons. The third-order valence-electron chi connectivity index (χ3n) is 5.30. The first-order chi connectivity index (χ1) is 12.6. The van der Waals surface area contributed by atoms with Gasteiger partial charge in [0.15, 0.2) is 0 Å². The van der Waals surface area contributed by atoms with Gasteiger partial charge in [0.05, 0.1) is 18.2 Å². The van der Waals surface area contributed by atoms with Crippen molar-refractivity contribution in [1.82, 2.24) is 10.2 Å². The number of hydrogen-bond donors (Lipinski definition) is 1. The Morgan fingerprint density at radius 3 is 2.81 bits per heavy atom. The SMILES string of the molecule is N#Cc1cccc(CN2C(=O)N[C@]3(CCCCc4ccccc43)C2=O)c1. The number of aryl methyl sites for hydroxylation is 1. The molecular weight excluding hydrogens is 326 g/mol. The highest BCUT2D eigenvalue weighted by atomic mass is 16.2. The highest BCUT2D eigenvalue weighted by Crippen LogP contribution is 2.39. The van der Waals surface area contributed by atoms with Crippen LogP contribution in [0.5, 0.6) is 0 Å². The predicted octanol–water partition coefficient (Wildman–Crippen LogP) is 3.23. The minimum Gasteiger partial charge on any atom is -0.319 e. The summed E-state index contributed by atoms with van der Waals surface area (Å²) in [6.45, 7) is 0.171. The van der Waals surface area contributed by atoms with E-state index in [-0.39, 0.29) is 18.5 Å². The Morgan fingerprint density at radius 2 is 1.96 bits per heavy atom. The topological polar surface area (TPSA) is 73.2 Å². The molecule has 1 N–H and O–H groups in total. The normalized spacial score (nSPS) is 21.9. The highest BCUT2D eigenvalue weighted by molar-refractivity contribution is 6.07. The first-order valence-electron chi connectivity index (χ1n) is 8.85. The molecular formula is C21H19N3O2. The lowest BCUT2D eigenvalue weighted by molar-refractivity contribution is -0.132. The number of urea groups is 1. The Morgan fingerprint density at radius 1 is 1.12 bits per heavy atom. The number of imide groups is 1. The van der Waals surface area contributed by atoms with Crippen LogP contribution in [-0.4, -0.2) is 16.8 Å². The lowest BCUT2D eigenvalue weighted by Gasteiger charge is -2.27. The molecule has 2 aromatic carbocycles. The number of rotatable bonds is 2. The summed E-state index contributed by atoms with van der Waals surface area (Å²) in [5, 5.41) is 12.0. The largest absolute Gasteiger partial charge is 0.325 e. The molecule has 1 fully saturated rings. The summed E-state index contributed by atoms with van der Waals surface area (Å²) in [5.41, 5.74) is 2.38. The second kappa shape index (κ2) is 6.30. The molecule has 1 spiro atoms. The van der Waals surface area contributed by atoms with Gasteiger partial charge in [-0.1, -0.05) is 36.4 Å². The minimum atomic E-state index is -0.961. The predicted molar refractivity (Wildman–Crippen MR) is 95.9 cm³/mol. The number of fused-ring (bicyclic) bond motifs is 2. The molecule has 0 saturated carbocycles. The average molecular weight is 345 g/mol. The maximum absolute atomic E-state index is 13.3. The van der Waals surface area contributed by atoms with Crippen molar-refractivity contribution in [2.75, 3.05) is 0 Å². The minimum absolute atomic E-state index is 0.171. The van der Waals surface area contributed by atoms with Crippen LogP contribution in [0, 0.1) is 11.3 Å². The average Bonchev–Trinajstić information content (AvgIpc) is 2.81. The van der Waals surface area contributed by atoms with Gasteiger partial charge in [0, 0.05) is 0 Å². The van der Waals surface area contributed by atoms with Crippen molar-refractivity contribution in [3.63, 3.8) is 0 Å². The van der Waals surface area contributed by atoms with Gasteiger partial charge in [0.2, 0.25) is 0 Å². The Labute approximate surface area is 152 Å². The fraction of sp³-hybridized carbons (Fsp3) is 0.286. The zero-order valence-corrected chi connectivity index (χ0v) is 14.4.